The monoisotopic (exact) mass is 872 g/mol. The molecule has 2 fully saturated rings. The molecule has 2 aromatic carbocycles. The number of carbonyl (C=O) groups is 4. The smallest absolute Gasteiger partial charge is 0.407 e. The molecule has 0 unspecified atom stereocenters. The number of methoxy groups -OCH3 is 2. The Bertz CT molecular complexity index is 2140. The molecule has 2 saturated heterocycles. The predicted octanol–water partition coefficient (Wildman–Crippen LogP) is 7.41. The Morgan fingerprint density at radius 2 is 1.26 bits per heavy atom. The van der Waals surface area contributed by atoms with Crippen LogP contribution in [-0.2, 0) is 38.3 Å². The van der Waals surface area contributed by atoms with Gasteiger partial charge >= 0.3 is 12.2 Å². The van der Waals surface area contributed by atoms with E-state index in [1.165, 1.54) is 30.9 Å². The first-order valence-electron chi connectivity index (χ1n) is 21.2. The van der Waals surface area contributed by atoms with Crippen molar-refractivity contribution >= 4 is 47.5 Å². The highest BCUT2D eigenvalue weighted by Crippen LogP contribution is 2.36. The Morgan fingerprint density at radius 3 is 1.75 bits per heavy atom. The van der Waals surface area contributed by atoms with Crippen LogP contribution in [0.25, 0.3) is 22.5 Å². The number of nitrogens with zero attached hydrogens (tertiary/aromatic N) is 4. The minimum atomic E-state index is -0.667. The zero-order valence-electron chi connectivity index (χ0n) is 36.2. The van der Waals surface area contributed by atoms with Crippen LogP contribution < -0.4 is 10.6 Å². The average molecular weight is 873 g/mol. The molecule has 61 heavy (non-hydrogen) atoms. The number of aryl methyl sites for hydroxylation is 4. The van der Waals surface area contributed by atoms with Gasteiger partial charge < -0.3 is 39.9 Å². The lowest BCUT2D eigenvalue weighted by Crippen LogP contribution is -2.48. The lowest BCUT2D eigenvalue weighted by molar-refractivity contribution is -0.135. The number of alkyl carbamates (subject to hydrolysis) is 2. The second kappa shape index (κ2) is 21.7. The average Bonchev–Trinajstić information content (AvgIpc) is 4.12. The van der Waals surface area contributed by atoms with Crippen molar-refractivity contribution in [2.75, 3.05) is 51.3 Å². The molecule has 2 aliphatic heterocycles. The first kappa shape index (κ1) is 45.6. The molecule has 328 valence electrons. The van der Waals surface area contributed by atoms with E-state index in [4.69, 9.17) is 19.4 Å². The van der Waals surface area contributed by atoms with Gasteiger partial charge in [0.15, 0.2) is 0 Å². The van der Waals surface area contributed by atoms with Crippen LogP contribution in [0.4, 0.5) is 9.59 Å². The highest BCUT2D eigenvalue weighted by Gasteiger charge is 2.38. The molecule has 2 aromatic heterocycles. The number of thioether (sulfide) groups is 2. The number of benzene rings is 2. The summed E-state index contributed by atoms with van der Waals surface area (Å²) >= 11 is 3.26. The number of amides is 4. The Labute approximate surface area is 367 Å². The molecule has 2 aliphatic rings. The molecule has 4 heterocycles. The summed E-state index contributed by atoms with van der Waals surface area (Å²) in [6.45, 7) is 5.43. The Kier molecular flexibility index (Phi) is 16.2. The van der Waals surface area contributed by atoms with E-state index in [9.17, 15) is 19.2 Å². The van der Waals surface area contributed by atoms with E-state index in [0.717, 1.165) is 96.2 Å². The molecule has 0 aliphatic carbocycles. The van der Waals surface area contributed by atoms with E-state index < -0.39 is 24.3 Å². The van der Waals surface area contributed by atoms with Gasteiger partial charge in [-0.2, -0.15) is 23.5 Å². The molecule has 6 rings (SSSR count). The summed E-state index contributed by atoms with van der Waals surface area (Å²) in [5, 5.41) is 5.49. The number of aromatic amines is 2. The van der Waals surface area contributed by atoms with Gasteiger partial charge in [-0.1, -0.05) is 36.8 Å². The summed E-state index contributed by atoms with van der Waals surface area (Å²) in [6.07, 6.45) is 13.2. The van der Waals surface area contributed by atoms with Gasteiger partial charge in [-0.25, -0.2) is 19.6 Å². The van der Waals surface area contributed by atoms with Crippen molar-refractivity contribution in [2.45, 2.75) is 95.8 Å². The second-order valence-corrected chi connectivity index (χ2v) is 17.7. The number of rotatable bonds is 18. The van der Waals surface area contributed by atoms with Crippen molar-refractivity contribution in [3.05, 3.63) is 82.7 Å². The van der Waals surface area contributed by atoms with Crippen molar-refractivity contribution in [1.29, 1.82) is 0 Å². The first-order chi connectivity index (χ1) is 29.6. The summed E-state index contributed by atoms with van der Waals surface area (Å²) < 4.78 is 9.64. The number of hydrogen-bond donors (Lipinski definition) is 4. The van der Waals surface area contributed by atoms with Gasteiger partial charge in [-0.05, 0) is 118 Å². The van der Waals surface area contributed by atoms with Crippen LogP contribution in [0.3, 0.4) is 0 Å². The molecule has 0 bridgehead atoms. The largest absolute Gasteiger partial charge is 0.453 e. The molecule has 0 saturated carbocycles. The van der Waals surface area contributed by atoms with Crippen LogP contribution in [-0.4, -0.2) is 117 Å². The normalized spacial score (nSPS) is 17.3. The highest BCUT2D eigenvalue weighted by molar-refractivity contribution is 7.98. The van der Waals surface area contributed by atoms with Crippen LogP contribution in [0, 0.1) is 6.92 Å². The molecule has 4 N–H and O–H groups in total. The van der Waals surface area contributed by atoms with Gasteiger partial charge in [0.2, 0.25) is 11.8 Å². The topological polar surface area (TPSA) is 175 Å². The maximum absolute atomic E-state index is 13.8. The third-order valence-electron chi connectivity index (χ3n) is 11.8. The van der Waals surface area contributed by atoms with Crippen molar-refractivity contribution in [1.82, 2.24) is 40.4 Å². The van der Waals surface area contributed by atoms with Gasteiger partial charge in [0.05, 0.1) is 50.1 Å². The van der Waals surface area contributed by atoms with Crippen LogP contribution >= 0.6 is 23.5 Å². The van der Waals surface area contributed by atoms with Crippen LogP contribution in [0.15, 0.2) is 48.8 Å². The number of likely N-dealkylation sites (tertiary alicyclic amines) is 2. The summed E-state index contributed by atoms with van der Waals surface area (Å²) in [6, 6.07) is 11.4. The van der Waals surface area contributed by atoms with Crippen molar-refractivity contribution in [3.8, 4) is 22.5 Å². The zero-order valence-corrected chi connectivity index (χ0v) is 37.8. The molecule has 4 amide bonds. The fraction of sp³-hybridized carbons (Fsp3) is 0.511. The van der Waals surface area contributed by atoms with Gasteiger partial charge in [0, 0.05) is 24.2 Å². The quantitative estimate of drug-likeness (QED) is 0.0789. The molecule has 4 atom stereocenters. The maximum Gasteiger partial charge on any atom is 0.407 e. The summed E-state index contributed by atoms with van der Waals surface area (Å²) in [5.41, 5.74) is 8.72. The number of hydrogen-bond acceptors (Lipinski definition) is 10. The van der Waals surface area contributed by atoms with E-state index in [1.807, 2.05) is 34.7 Å². The van der Waals surface area contributed by atoms with Crippen molar-refractivity contribution in [3.63, 3.8) is 0 Å². The molecule has 0 spiro atoms. The van der Waals surface area contributed by atoms with Crippen molar-refractivity contribution in [2.24, 2.45) is 0 Å². The first-order valence-corrected chi connectivity index (χ1v) is 24.0. The van der Waals surface area contributed by atoms with E-state index >= 15 is 0 Å². The number of imidazole rings is 2. The Balaban J connectivity index is 1.18. The SMILES string of the molecule is CCc1ccc(CCc2ccc(C)cc2-c2cnc([C@@H]3CCCN3C(=O)[C@H](CCSC)NC(=O)OC)[nH]2)cc1-c1cnc([C@@H]2CCCN2C(=O)[C@H](CCSC)NC(=O)OC)[nH]1. The highest BCUT2D eigenvalue weighted by atomic mass is 32.2. The van der Waals surface area contributed by atoms with Crippen LogP contribution in [0.1, 0.15) is 91.4 Å². The standard InChI is InChI=1S/C45H60N8O6S2/c1-7-30-16-13-29(25-33(30)37-27-47-41(49-37)39-11-9-21-53(39)43(55)35(19-23-61-6)51-45(57)59-4)14-17-31-15-12-28(2)24-32(31)36-26-46-40(48-36)38-10-8-20-52(38)42(54)34(18-22-60-5)50-44(56)58-3/h12-13,15-16,24-27,34-35,38-39H,7-11,14,17-23H2,1-6H3,(H,46,48)(H,47,49)(H,50,56)(H,51,57)/t34-,35-,38-,39-/m0/s1. The van der Waals surface area contributed by atoms with Gasteiger partial charge in [-0.3, -0.25) is 9.59 Å². The predicted molar refractivity (Wildman–Crippen MR) is 242 cm³/mol. The number of aromatic nitrogens is 4. The minimum absolute atomic E-state index is 0.117. The third kappa shape index (κ3) is 11.1. The van der Waals surface area contributed by atoms with E-state index in [2.05, 4.69) is 70.8 Å². The number of carbonyl (C=O) groups excluding carboxylic acids is 4. The molecule has 4 aromatic rings. The fourth-order valence-corrected chi connectivity index (χ4v) is 9.42. The summed E-state index contributed by atoms with van der Waals surface area (Å²) in [5.74, 6) is 2.72. The maximum atomic E-state index is 13.8. The third-order valence-corrected chi connectivity index (χ3v) is 13.0. The summed E-state index contributed by atoms with van der Waals surface area (Å²) in [7, 11) is 2.61. The molecular formula is C45H60N8O6S2. The molecular weight excluding hydrogens is 813 g/mol. The lowest BCUT2D eigenvalue weighted by atomic mass is 9.94. The molecule has 0 radical (unpaired) electrons. The van der Waals surface area contributed by atoms with Gasteiger partial charge in [0.25, 0.3) is 0 Å². The molecule has 16 heteroatoms. The van der Waals surface area contributed by atoms with Crippen LogP contribution in [0.2, 0.25) is 0 Å². The minimum Gasteiger partial charge on any atom is -0.453 e. The van der Waals surface area contributed by atoms with Crippen LogP contribution in [0.5, 0.6) is 0 Å². The lowest BCUT2D eigenvalue weighted by Gasteiger charge is -2.28. The Hall–Kier alpha value is -4.96. The van der Waals surface area contributed by atoms with Gasteiger partial charge in [0.1, 0.15) is 23.7 Å². The molecule has 14 nitrogen and oxygen atoms in total. The number of ether oxygens (including phenoxy) is 2. The number of H-pyrrole nitrogens is 2. The van der Waals surface area contributed by atoms with E-state index in [1.54, 1.807) is 23.5 Å². The number of nitrogens with one attached hydrogen (secondary N) is 4. The fourth-order valence-electron chi connectivity index (χ4n) is 8.48. The second-order valence-electron chi connectivity index (χ2n) is 15.7. The Morgan fingerprint density at radius 1 is 0.754 bits per heavy atom. The van der Waals surface area contributed by atoms with E-state index in [0.29, 0.717) is 25.9 Å². The van der Waals surface area contributed by atoms with Crippen molar-refractivity contribution < 1.29 is 28.7 Å². The zero-order chi connectivity index (χ0) is 43.5. The van der Waals surface area contributed by atoms with E-state index in [-0.39, 0.29) is 23.9 Å². The van der Waals surface area contributed by atoms with Gasteiger partial charge in [-0.15, -0.1) is 0 Å². The summed E-state index contributed by atoms with van der Waals surface area (Å²) in [4.78, 5) is 72.3.